The van der Waals surface area contributed by atoms with Crippen LogP contribution in [-0.2, 0) is 0 Å². The third-order valence-electron chi connectivity index (χ3n) is 2.19. The number of methoxy groups -OCH3 is 2. The standard InChI is InChI=1S/C12H18N2O2S/c1-4-7-13-12(17)14-10-6-5-9(15-2)8-11(10)16-3/h5-6,8H,4,7H2,1-3H3,(H2,13,14,17). The molecule has 0 aliphatic heterocycles. The average molecular weight is 254 g/mol. The molecule has 4 nitrogen and oxygen atoms in total. The fourth-order valence-electron chi connectivity index (χ4n) is 1.31. The van der Waals surface area contributed by atoms with E-state index in [2.05, 4.69) is 17.6 Å². The Hall–Kier alpha value is -1.49. The van der Waals surface area contributed by atoms with Gasteiger partial charge in [-0.3, -0.25) is 0 Å². The molecule has 0 radical (unpaired) electrons. The highest BCUT2D eigenvalue weighted by Crippen LogP contribution is 2.28. The van der Waals surface area contributed by atoms with Crippen LogP contribution in [0.2, 0.25) is 0 Å². The first-order valence-electron chi connectivity index (χ1n) is 5.48. The Labute approximate surface area is 107 Å². The number of rotatable bonds is 5. The Bertz CT molecular complexity index is 383. The summed E-state index contributed by atoms with van der Waals surface area (Å²) in [6, 6.07) is 5.54. The maximum Gasteiger partial charge on any atom is 0.170 e. The van der Waals surface area contributed by atoms with Gasteiger partial charge in [0.25, 0.3) is 0 Å². The molecule has 1 rings (SSSR count). The molecule has 0 aliphatic carbocycles. The quantitative estimate of drug-likeness (QED) is 0.790. The molecular formula is C12H18N2O2S. The third kappa shape index (κ3) is 4.11. The van der Waals surface area contributed by atoms with Gasteiger partial charge in [-0.25, -0.2) is 0 Å². The van der Waals surface area contributed by atoms with Gasteiger partial charge in [0.15, 0.2) is 5.11 Å². The van der Waals surface area contributed by atoms with Crippen LogP contribution in [-0.4, -0.2) is 25.9 Å². The maximum absolute atomic E-state index is 5.26. The van der Waals surface area contributed by atoms with E-state index in [4.69, 9.17) is 21.7 Å². The van der Waals surface area contributed by atoms with Crippen molar-refractivity contribution >= 4 is 23.0 Å². The number of nitrogens with one attached hydrogen (secondary N) is 2. The normalized spacial score (nSPS) is 9.59. The summed E-state index contributed by atoms with van der Waals surface area (Å²) in [5.41, 5.74) is 0.821. The Morgan fingerprint density at radius 2 is 2.06 bits per heavy atom. The van der Waals surface area contributed by atoms with Crippen LogP contribution in [0.5, 0.6) is 11.5 Å². The molecule has 94 valence electrons. The lowest BCUT2D eigenvalue weighted by molar-refractivity contribution is 0.395. The first-order chi connectivity index (χ1) is 8.21. The topological polar surface area (TPSA) is 42.5 Å². The van der Waals surface area contributed by atoms with E-state index in [1.165, 1.54) is 0 Å². The van der Waals surface area contributed by atoms with Gasteiger partial charge in [-0.2, -0.15) is 0 Å². The summed E-state index contributed by atoms with van der Waals surface area (Å²) in [5.74, 6) is 1.45. The van der Waals surface area contributed by atoms with Gasteiger partial charge in [0.2, 0.25) is 0 Å². The van der Waals surface area contributed by atoms with E-state index >= 15 is 0 Å². The molecule has 1 aromatic rings. The van der Waals surface area contributed by atoms with Crippen LogP contribution in [0.1, 0.15) is 13.3 Å². The molecule has 2 N–H and O–H groups in total. The zero-order valence-corrected chi connectivity index (χ0v) is 11.2. The number of thiocarbonyl (C=S) groups is 1. The molecule has 0 bridgehead atoms. The second-order valence-electron chi connectivity index (χ2n) is 3.45. The molecular weight excluding hydrogens is 236 g/mol. The van der Waals surface area contributed by atoms with E-state index < -0.39 is 0 Å². The SMILES string of the molecule is CCCNC(=S)Nc1ccc(OC)cc1OC. The molecule has 5 heteroatoms. The van der Waals surface area contributed by atoms with Gasteiger partial charge in [-0.05, 0) is 30.8 Å². The van der Waals surface area contributed by atoms with Crippen LogP contribution >= 0.6 is 12.2 Å². The number of ether oxygens (including phenoxy) is 2. The second kappa shape index (κ2) is 6.96. The maximum atomic E-state index is 5.26. The molecule has 17 heavy (non-hydrogen) atoms. The monoisotopic (exact) mass is 254 g/mol. The van der Waals surface area contributed by atoms with E-state index in [1.807, 2.05) is 18.2 Å². The third-order valence-corrected chi connectivity index (χ3v) is 2.44. The summed E-state index contributed by atoms with van der Waals surface area (Å²) in [7, 11) is 3.23. The molecule has 0 spiro atoms. The van der Waals surface area contributed by atoms with Gasteiger partial charge in [0.05, 0.1) is 19.9 Å². The van der Waals surface area contributed by atoms with Crippen molar-refractivity contribution in [1.82, 2.24) is 5.32 Å². The zero-order chi connectivity index (χ0) is 12.7. The molecule has 0 fully saturated rings. The van der Waals surface area contributed by atoms with Crippen molar-refractivity contribution < 1.29 is 9.47 Å². The predicted octanol–water partition coefficient (Wildman–Crippen LogP) is 2.40. The van der Waals surface area contributed by atoms with Gasteiger partial charge >= 0.3 is 0 Å². The minimum absolute atomic E-state index is 0.593. The van der Waals surface area contributed by atoms with Crippen molar-refractivity contribution in [3.63, 3.8) is 0 Å². The Kier molecular flexibility index (Phi) is 5.56. The van der Waals surface area contributed by atoms with Gasteiger partial charge in [0, 0.05) is 12.6 Å². The van der Waals surface area contributed by atoms with E-state index in [0.29, 0.717) is 10.9 Å². The van der Waals surface area contributed by atoms with Crippen molar-refractivity contribution in [2.75, 3.05) is 26.1 Å². The van der Waals surface area contributed by atoms with Crippen molar-refractivity contribution in [2.24, 2.45) is 0 Å². The molecule has 0 saturated heterocycles. The lowest BCUT2D eigenvalue weighted by atomic mass is 10.2. The molecule has 0 heterocycles. The van der Waals surface area contributed by atoms with Crippen LogP contribution in [0.25, 0.3) is 0 Å². The molecule has 1 aromatic carbocycles. The highest BCUT2D eigenvalue weighted by Gasteiger charge is 2.06. The van der Waals surface area contributed by atoms with Crippen LogP contribution in [0.3, 0.4) is 0 Å². The van der Waals surface area contributed by atoms with Gasteiger partial charge in [-0.15, -0.1) is 0 Å². The van der Waals surface area contributed by atoms with Gasteiger partial charge in [0.1, 0.15) is 11.5 Å². The molecule has 0 aliphatic rings. The lowest BCUT2D eigenvalue weighted by Crippen LogP contribution is -2.29. The number of benzene rings is 1. The summed E-state index contributed by atoms with van der Waals surface area (Å²) >= 11 is 5.16. The minimum Gasteiger partial charge on any atom is -0.497 e. The Morgan fingerprint density at radius 1 is 1.29 bits per heavy atom. The summed E-state index contributed by atoms with van der Waals surface area (Å²) in [6.45, 7) is 2.94. The first kappa shape index (κ1) is 13.6. The first-order valence-corrected chi connectivity index (χ1v) is 5.89. The van der Waals surface area contributed by atoms with Crippen LogP contribution in [0.15, 0.2) is 18.2 Å². The lowest BCUT2D eigenvalue weighted by Gasteiger charge is -2.13. The van der Waals surface area contributed by atoms with E-state index in [1.54, 1.807) is 14.2 Å². The fourth-order valence-corrected chi connectivity index (χ4v) is 1.52. The minimum atomic E-state index is 0.593. The molecule has 0 unspecified atom stereocenters. The molecule has 0 aromatic heterocycles. The van der Waals surface area contributed by atoms with E-state index in [9.17, 15) is 0 Å². The highest BCUT2D eigenvalue weighted by molar-refractivity contribution is 7.80. The Balaban J connectivity index is 2.73. The smallest absolute Gasteiger partial charge is 0.170 e. The average Bonchev–Trinajstić information content (AvgIpc) is 2.36. The van der Waals surface area contributed by atoms with E-state index in [0.717, 1.165) is 24.4 Å². The highest BCUT2D eigenvalue weighted by atomic mass is 32.1. The Morgan fingerprint density at radius 3 is 2.65 bits per heavy atom. The van der Waals surface area contributed by atoms with Crippen LogP contribution in [0, 0.1) is 0 Å². The second-order valence-corrected chi connectivity index (χ2v) is 3.86. The van der Waals surface area contributed by atoms with Crippen molar-refractivity contribution in [3.05, 3.63) is 18.2 Å². The van der Waals surface area contributed by atoms with E-state index in [-0.39, 0.29) is 0 Å². The van der Waals surface area contributed by atoms with Crippen LogP contribution < -0.4 is 20.1 Å². The van der Waals surface area contributed by atoms with Crippen molar-refractivity contribution in [1.29, 1.82) is 0 Å². The van der Waals surface area contributed by atoms with Gasteiger partial charge in [-0.1, -0.05) is 6.92 Å². The van der Waals surface area contributed by atoms with Crippen LogP contribution in [0.4, 0.5) is 5.69 Å². The van der Waals surface area contributed by atoms with Crippen molar-refractivity contribution in [2.45, 2.75) is 13.3 Å². The summed E-state index contributed by atoms with van der Waals surface area (Å²) in [4.78, 5) is 0. The largest absolute Gasteiger partial charge is 0.497 e. The predicted molar refractivity (Wildman–Crippen MR) is 74.1 cm³/mol. The molecule has 0 atom stereocenters. The number of hydrogen-bond donors (Lipinski definition) is 2. The van der Waals surface area contributed by atoms with Gasteiger partial charge < -0.3 is 20.1 Å². The number of hydrogen-bond acceptors (Lipinski definition) is 3. The summed E-state index contributed by atoms with van der Waals surface area (Å²) < 4.78 is 10.4. The van der Waals surface area contributed by atoms with Crippen molar-refractivity contribution in [3.8, 4) is 11.5 Å². The zero-order valence-electron chi connectivity index (χ0n) is 10.4. The summed E-state index contributed by atoms with van der Waals surface area (Å²) in [6.07, 6.45) is 1.03. The fraction of sp³-hybridized carbons (Fsp3) is 0.417. The number of anilines is 1. The molecule has 0 amide bonds. The molecule has 0 saturated carbocycles. The summed E-state index contributed by atoms with van der Waals surface area (Å²) in [5, 5.41) is 6.77.